The highest BCUT2D eigenvalue weighted by Gasteiger charge is 2.41. The van der Waals surface area contributed by atoms with E-state index < -0.39 is 31.9 Å². The molecule has 3 rings (SSSR count). The quantitative estimate of drug-likeness (QED) is 0.856. The molecule has 26 heavy (non-hydrogen) atoms. The van der Waals surface area contributed by atoms with Crippen LogP contribution in [0, 0.1) is 12.8 Å². The lowest BCUT2D eigenvalue weighted by Gasteiger charge is -2.16. The number of anilines is 2. The summed E-state index contributed by atoms with van der Waals surface area (Å²) in [5.74, 6) is -1.38. The first-order valence-corrected chi connectivity index (χ1v) is 11.0. The number of sulfonamides is 2. The van der Waals surface area contributed by atoms with Crippen LogP contribution >= 0.6 is 0 Å². The van der Waals surface area contributed by atoms with E-state index in [9.17, 15) is 21.6 Å². The van der Waals surface area contributed by atoms with Gasteiger partial charge in [0.2, 0.25) is 15.9 Å². The van der Waals surface area contributed by atoms with Crippen molar-refractivity contribution in [1.82, 2.24) is 0 Å². The molecule has 0 aromatic heterocycles. The van der Waals surface area contributed by atoms with Crippen molar-refractivity contribution in [3.63, 3.8) is 0 Å². The second kappa shape index (κ2) is 6.40. The van der Waals surface area contributed by atoms with E-state index in [0.29, 0.717) is 5.69 Å². The number of amides is 1. The number of benzene rings is 2. The zero-order chi connectivity index (χ0) is 19.1. The van der Waals surface area contributed by atoms with Crippen LogP contribution in [0.4, 0.5) is 11.4 Å². The highest BCUT2D eigenvalue weighted by molar-refractivity contribution is 7.94. The molecule has 7 nitrogen and oxygen atoms in total. The maximum Gasteiger partial charge on any atom is 0.261 e. The molecular formula is C17H18N2O5S2. The minimum absolute atomic E-state index is 0.0288. The number of nitrogens with zero attached hydrogens (tertiary/aromatic N) is 1. The van der Waals surface area contributed by atoms with Crippen molar-refractivity contribution in [2.75, 3.05) is 14.8 Å². The van der Waals surface area contributed by atoms with Crippen molar-refractivity contribution < 1.29 is 21.6 Å². The summed E-state index contributed by atoms with van der Waals surface area (Å²) >= 11 is 0. The normalized spacial score (nSPS) is 19.5. The van der Waals surface area contributed by atoms with Gasteiger partial charge in [-0.25, -0.2) is 21.1 Å². The fraction of sp³-hybridized carbons (Fsp3) is 0.235. The number of aryl methyl sites for hydroxylation is 1. The molecule has 0 spiro atoms. The Kier molecular flexibility index (Phi) is 4.53. The van der Waals surface area contributed by atoms with E-state index in [4.69, 9.17) is 0 Å². The summed E-state index contributed by atoms with van der Waals surface area (Å²) in [6, 6.07) is 12.1. The molecule has 138 valence electrons. The zero-order valence-electron chi connectivity index (χ0n) is 14.2. The van der Waals surface area contributed by atoms with Crippen molar-refractivity contribution >= 4 is 37.3 Å². The summed E-state index contributed by atoms with van der Waals surface area (Å²) in [5, 5.41) is 0. The largest absolute Gasteiger partial charge is 0.280 e. The van der Waals surface area contributed by atoms with Gasteiger partial charge >= 0.3 is 0 Å². The summed E-state index contributed by atoms with van der Waals surface area (Å²) in [6.07, 6.45) is 0. The first-order valence-electron chi connectivity index (χ1n) is 7.86. The lowest BCUT2D eigenvalue weighted by atomic mass is 10.2. The molecular weight excluding hydrogens is 376 g/mol. The molecule has 1 fully saturated rings. The van der Waals surface area contributed by atoms with Crippen LogP contribution in [0.2, 0.25) is 0 Å². The third-order valence-electron chi connectivity index (χ3n) is 4.05. The molecule has 1 atom stereocenters. The van der Waals surface area contributed by atoms with Crippen LogP contribution in [-0.2, 0) is 24.8 Å². The number of carbonyl (C=O) groups is 1. The van der Waals surface area contributed by atoms with E-state index >= 15 is 0 Å². The highest BCUT2D eigenvalue weighted by Crippen LogP contribution is 2.29. The molecule has 1 amide bonds. The van der Waals surface area contributed by atoms with E-state index in [1.165, 1.54) is 24.3 Å². The van der Waals surface area contributed by atoms with Gasteiger partial charge in [0.1, 0.15) is 0 Å². The van der Waals surface area contributed by atoms with Gasteiger partial charge in [-0.2, -0.15) is 0 Å². The van der Waals surface area contributed by atoms with E-state index in [1.807, 2.05) is 6.92 Å². The Labute approximate surface area is 152 Å². The fourth-order valence-electron chi connectivity index (χ4n) is 2.68. The molecule has 1 aliphatic rings. The van der Waals surface area contributed by atoms with E-state index in [-0.39, 0.29) is 16.3 Å². The molecule has 0 aliphatic carbocycles. The average Bonchev–Trinajstić information content (AvgIpc) is 2.77. The summed E-state index contributed by atoms with van der Waals surface area (Å²) in [7, 11) is -7.54. The van der Waals surface area contributed by atoms with Crippen molar-refractivity contribution in [2.45, 2.75) is 18.7 Å². The van der Waals surface area contributed by atoms with Crippen LogP contribution < -0.4 is 9.03 Å². The molecule has 2 aromatic carbocycles. The van der Waals surface area contributed by atoms with Crippen LogP contribution in [-0.4, -0.2) is 28.5 Å². The van der Waals surface area contributed by atoms with Crippen molar-refractivity contribution in [2.24, 2.45) is 5.92 Å². The number of rotatable bonds is 4. The first-order chi connectivity index (χ1) is 12.1. The third kappa shape index (κ3) is 3.45. The predicted molar refractivity (Wildman–Crippen MR) is 98.9 cm³/mol. The zero-order valence-corrected chi connectivity index (χ0v) is 15.8. The average molecular weight is 394 g/mol. The van der Waals surface area contributed by atoms with Crippen molar-refractivity contribution in [1.29, 1.82) is 0 Å². The van der Waals surface area contributed by atoms with Crippen LogP contribution in [0.15, 0.2) is 53.4 Å². The standard InChI is InChI=1S/C17H18N2O5S2/c1-12-3-5-14(6-4-12)18-26(23,24)16-9-7-15(8-10-16)19-17(20)13(2)11-25(19,21)22/h3-10,13,18H,11H2,1-2H3. The lowest BCUT2D eigenvalue weighted by Crippen LogP contribution is -2.30. The monoisotopic (exact) mass is 394 g/mol. The number of carbonyl (C=O) groups excluding carboxylic acids is 1. The lowest BCUT2D eigenvalue weighted by molar-refractivity contribution is -0.119. The van der Waals surface area contributed by atoms with Gasteiger partial charge in [-0.15, -0.1) is 0 Å². The minimum atomic E-state index is -3.82. The summed E-state index contributed by atoms with van der Waals surface area (Å²) in [4.78, 5) is 12.1. The van der Waals surface area contributed by atoms with E-state index in [2.05, 4.69) is 4.72 Å². The van der Waals surface area contributed by atoms with Gasteiger partial charge in [-0.1, -0.05) is 24.6 Å². The summed E-state index contributed by atoms with van der Waals surface area (Å²) in [6.45, 7) is 3.44. The van der Waals surface area contributed by atoms with E-state index in [1.54, 1.807) is 31.2 Å². The number of hydrogen-bond acceptors (Lipinski definition) is 5. The van der Waals surface area contributed by atoms with Gasteiger partial charge in [0.25, 0.3) is 10.0 Å². The van der Waals surface area contributed by atoms with Crippen LogP contribution in [0.3, 0.4) is 0 Å². The molecule has 1 heterocycles. The molecule has 0 bridgehead atoms. The molecule has 1 N–H and O–H groups in total. The second-order valence-corrected chi connectivity index (χ2v) is 9.79. The molecule has 2 aromatic rings. The highest BCUT2D eigenvalue weighted by atomic mass is 32.2. The molecule has 0 radical (unpaired) electrons. The van der Waals surface area contributed by atoms with Gasteiger partial charge < -0.3 is 0 Å². The third-order valence-corrected chi connectivity index (χ3v) is 7.31. The SMILES string of the molecule is Cc1ccc(NS(=O)(=O)c2ccc(N3C(=O)C(C)CS3(=O)=O)cc2)cc1. The molecule has 1 unspecified atom stereocenters. The van der Waals surface area contributed by atoms with Crippen LogP contribution in [0.25, 0.3) is 0 Å². The Morgan fingerprint density at radius 2 is 1.62 bits per heavy atom. The van der Waals surface area contributed by atoms with Crippen LogP contribution in [0.1, 0.15) is 12.5 Å². The maximum atomic E-state index is 12.5. The Balaban J connectivity index is 1.87. The first kappa shape index (κ1) is 18.4. The molecule has 0 saturated carbocycles. The Hall–Kier alpha value is -2.39. The Morgan fingerprint density at radius 1 is 1.04 bits per heavy atom. The summed E-state index contributed by atoms with van der Waals surface area (Å²) in [5.41, 5.74) is 1.56. The fourth-order valence-corrected chi connectivity index (χ4v) is 5.56. The minimum Gasteiger partial charge on any atom is -0.280 e. The molecule has 1 aliphatic heterocycles. The van der Waals surface area contributed by atoms with Gasteiger partial charge in [0, 0.05) is 5.69 Å². The smallest absolute Gasteiger partial charge is 0.261 e. The molecule has 9 heteroatoms. The van der Waals surface area contributed by atoms with Gasteiger partial charge in [-0.05, 0) is 43.3 Å². The van der Waals surface area contributed by atoms with Gasteiger partial charge in [-0.3, -0.25) is 9.52 Å². The van der Waals surface area contributed by atoms with Gasteiger partial charge in [0.05, 0.1) is 22.3 Å². The van der Waals surface area contributed by atoms with E-state index in [0.717, 1.165) is 9.87 Å². The van der Waals surface area contributed by atoms with Crippen molar-refractivity contribution in [3.8, 4) is 0 Å². The topological polar surface area (TPSA) is 101 Å². The predicted octanol–water partition coefficient (Wildman–Crippen LogP) is 2.11. The maximum absolute atomic E-state index is 12.5. The van der Waals surface area contributed by atoms with Crippen molar-refractivity contribution in [3.05, 3.63) is 54.1 Å². The number of nitrogens with one attached hydrogen (secondary N) is 1. The van der Waals surface area contributed by atoms with Crippen LogP contribution in [0.5, 0.6) is 0 Å². The van der Waals surface area contributed by atoms with Gasteiger partial charge in [0.15, 0.2) is 0 Å². The Morgan fingerprint density at radius 3 is 2.12 bits per heavy atom. The molecule has 1 saturated heterocycles. The second-order valence-electron chi connectivity index (χ2n) is 6.25. The Bertz CT molecular complexity index is 1040. The number of hydrogen-bond donors (Lipinski definition) is 1. The summed E-state index contributed by atoms with van der Waals surface area (Å²) < 4.78 is 52.3.